The van der Waals surface area contributed by atoms with Crippen LogP contribution in [0.3, 0.4) is 0 Å². The van der Waals surface area contributed by atoms with Gasteiger partial charge in [-0.1, -0.05) is 12.1 Å². The number of carbonyl (C=O) groups excluding carboxylic acids is 1. The van der Waals surface area contributed by atoms with Crippen molar-refractivity contribution in [3.05, 3.63) is 64.7 Å². The molecule has 2 aromatic carbocycles. The number of anilines is 2. The molecule has 0 saturated heterocycles. The number of hydrogen-bond donors (Lipinski definition) is 1. The van der Waals surface area contributed by atoms with E-state index in [0.29, 0.717) is 16.5 Å². The van der Waals surface area contributed by atoms with Crippen LogP contribution in [0.4, 0.5) is 20.2 Å². The smallest absolute Gasteiger partial charge is 0.297 e. The molecule has 2 heterocycles. The molecule has 0 radical (unpaired) electrons. The molecule has 0 aliphatic rings. The Morgan fingerprint density at radius 3 is 2.59 bits per heavy atom. The molecule has 4 aromatic rings. The summed E-state index contributed by atoms with van der Waals surface area (Å²) in [6.45, 7) is -0.391. The number of nitrogens with one attached hydrogen (secondary N) is 1. The maximum absolute atomic E-state index is 14.1. The Hall–Kier alpha value is -3.75. The van der Waals surface area contributed by atoms with Crippen LogP contribution in [0.5, 0.6) is 0 Å². The number of aromatic nitrogens is 2. The Kier molecular flexibility index (Phi) is 4.50. The van der Waals surface area contributed by atoms with Crippen LogP contribution >= 0.6 is 0 Å². The summed E-state index contributed by atoms with van der Waals surface area (Å²) < 4.78 is 34.8. The minimum Gasteiger partial charge on any atom is -0.448 e. The summed E-state index contributed by atoms with van der Waals surface area (Å²) in [4.78, 5) is 30.4. The number of benzene rings is 2. The highest BCUT2D eigenvalue weighted by Crippen LogP contribution is 2.26. The number of amides is 1. The maximum Gasteiger partial charge on any atom is 0.297 e. The van der Waals surface area contributed by atoms with Gasteiger partial charge in [-0.05, 0) is 24.3 Å². The van der Waals surface area contributed by atoms with Crippen LogP contribution in [0.1, 0.15) is 0 Å². The standard InChI is InChI=1S/C20H16F2N4O3/c1-25(2)18-13(21)7-11(8-14(18)22)24-16(27)9-26-10-23-17-12-5-3-4-6-15(12)29-19(17)20(26)28/h3-8,10H,9H2,1-2H3,(H,24,27). The maximum atomic E-state index is 14.1. The van der Waals surface area contributed by atoms with E-state index in [2.05, 4.69) is 10.3 Å². The average Bonchev–Trinajstić information content (AvgIpc) is 3.02. The van der Waals surface area contributed by atoms with Gasteiger partial charge in [-0.2, -0.15) is 0 Å². The van der Waals surface area contributed by atoms with Crippen molar-refractivity contribution in [2.45, 2.75) is 6.54 Å². The Labute approximate surface area is 163 Å². The van der Waals surface area contributed by atoms with Gasteiger partial charge in [0.05, 0.1) is 6.33 Å². The number of halogens is 2. The van der Waals surface area contributed by atoms with Gasteiger partial charge in [0.15, 0.2) is 11.6 Å². The van der Waals surface area contributed by atoms with Crippen LogP contribution in [-0.4, -0.2) is 29.6 Å². The van der Waals surface area contributed by atoms with E-state index in [4.69, 9.17) is 4.42 Å². The average molecular weight is 398 g/mol. The number of nitrogens with zero attached hydrogens (tertiary/aromatic N) is 3. The first-order valence-corrected chi connectivity index (χ1v) is 8.68. The monoisotopic (exact) mass is 398 g/mol. The lowest BCUT2D eigenvalue weighted by Gasteiger charge is -2.16. The molecule has 0 aliphatic carbocycles. The summed E-state index contributed by atoms with van der Waals surface area (Å²) in [5.74, 6) is -2.26. The molecule has 148 valence electrons. The summed E-state index contributed by atoms with van der Waals surface area (Å²) >= 11 is 0. The fourth-order valence-electron chi connectivity index (χ4n) is 3.15. The minimum atomic E-state index is -0.812. The number of rotatable bonds is 4. The largest absolute Gasteiger partial charge is 0.448 e. The number of furan rings is 1. The molecular weight excluding hydrogens is 382 g/mol. The second-order valence-corrected chi connectivity index (χ2v) is 6.68. The van der Waals surface area contributed by atoms with Gasteiger partial charge in [0.25, 0.3) is 5.56 Å². The lowest BCUT2D eigenvalue weighted by atomic mass is 10.2. The van der Waals surface area contributed by atoms with Crippen LogP contribution < -0.4 is 15.8 Å². The molecule has 4 rings (SSSR count). The molecule has 7 nitrogen and oxygen atoms in total. The van der Waals surface area contributed by atoms with E-state index in [-0.39, 0.29) is 17.0 Å². The number of hydrogen-bond acceptors (Lipinski definition) is 5. The highest BCUT2D eigenvalue weighted by Gasteiger charge is 2.17. The van der Waals surface area contributed by atoms with Crippen LogP contribution in [0.25, 0.3) is 22.1 Å². The van der Waals surface area contributed by atoms with Crippen LogP contribution in [0, 0.1) is 11.6 Å². The van der Waals surface area contributed by atoms with Gasteiger partial charge in [0.2, 0.25) is 11.5 Å². The third-order valence-corrected chi connectivity index (χ3v) is 4.41. The first kappa shape index (κ1) is 18.6. The Morgan fingerprint density at radius 1 is 1.21 bits per heavy atom. The Morgan fingerprint density at radius 2 is 1.90 bits per heavy atom. The molecule has 1 amide bonds. The van der Waals surface area contributed by atoms with Gasteiger partial charge < -0.3 is 14.6 Å². The number of fused-ring (bicyclic) bond motifs is 3. The molecular formula is C20H16F2N4O3. The fourth-order valence-corrected chi connectivity index (χ4v) is 3.15. The molecule has 0 saturated carbocycles. The van der Waals surface area contributed by atoms with Gasteiger partial charge in [-0.3, -0.25) is 14.2 Å². The second-order valence-electron chi connectivity index (χ2n) is 6.68. The van der Waals surface area contributed by atoms with E-state index in [1.54, 1.807) is 24.3 Å². The first-order valence-electron chi connectivity index (χ1n) is 8.68. The molecule has 0 bridgehead atoms. The fraction of sp³-hybridized carbons (Fsp3) is 0.150. The summed E-state index contributed by atoms with van der Waals surface area (Å²) in [5, 5.41) is 3.08. The molecule has 2 aromatic heterocycles. The zero-order valence-electron chi connectivity index (χ0n) is 15.6. The summed E-state index contributed by atoms with van der Waals surface area (Å²) in [5.41, 5.74) is 0.169. The topological polar surface area (TPSA) is 80.4 Å². The van der Waals surface area contributed by atoms with E-state index < -0.39 is 29.6 Å². The molecule has 0 atom stereocenters. The van der Waals surface area contributed by atoms with Crippen molar-refractivity contribution in [3.8, 4) is 0 Å². The number of para-hydroxylation sites is 1. The van der Waals surface area contributed by atoms with E-state index in [0.717, 1.165) is 16.7 Å². The van der Waals surface area contributed by atoms with Crippen molar-refractivity contribution < 1.29 is 18.0 Å². The number of carbonyl (C=O) groups is 1. The SMILES string of the molecule is CN(C)c1c(F)cc(NC(=O)Cn2cnc3c(oc4ccccc43)c2=O)cc1F. The summed E-state index contributed by atoms with van der Waals surface area (Å²) in [6.07, 6.45) is 1.24. The third kappa shape index (κ3) is 3.31. The predicted octanol–water partition coefficient (Wildman–Crippen LogP) is 3.13. The molecule has 0 fully saturated rings. The van der Waals surface area contributed by atoms with E-state index in [9.17, 15) is 18.4 Å². The quantitative estimate of drug-likeness (QED) is 0.571. The van der Waals surface area contributed by atoms with Crippen molar-refractivity contribution in [1.82, 2.24) is 9.55 Å². The van der Waals surface area contributed by atoms with Crippen LogP contribution in [-0.2, 0) is 11.3 Å². The van der Waals surface area contributed by atoms with E-state index >= 15 is 0 Å². The summed E-state index contributed by atoms with van der Waals surface area (Å²) in [6, 6.07) is 9.10. The van der Waals surface area contributed by atoms with E-state index in [1.807, 2.05) is 0 Å². The molecule has 9 heteroatoms. The van der Waals surface area contributed by atoms with E-state index in [1.165, 1.54) is 25.3 Å². The normalized spacial score (nSPS) is 11.2. The van der Waals surface area contributed by atoms with Crippen molar-refractivity contribution in [1.29, 1.82) is 0 Å². The molecule has 0 unspecified atom stereocenters. The van der Waals surface area contributed by atoms with Gasteiger partial charge in [0.1, 0.15) is 23.3 Å². The third-order valence-electron chi connectivity index (χ3n) is 4.41. The zero-order chi connectivity index (χ0) is 20.7. The second kappa shape index (κ2) is 7.01. The molecule has 0 aliphatic heterocycles. The minimum absolute atomic E-state index is 0.0360. The lowest BCUT2D eigenvalue weighted by Crippen LogP contribution is -2.27. The highest BCUT2D eigenvalue weighted by atomic mass is 19.1. The molecule has 0 spiro atoms. The lowest BCUT2D eigenvalue weighted by molar-refractivity contribution is -0.116. The summed E-state index contributed by atoms with van der Waals surface area (Å²) in [7, 11) is 3.01. The van der Waals surface area contributed by atoms with Crippen molar-refractivity contribution in [2.24, 2.45) is 0 Å². The van der Waals surface area contributed by atoms with Gasteiger partial charge in [0, 0.05) is 25.2 Å². The molecule has 1 N–H and O–H groups in total. The van der Waals surface area contributed by atoms with Gasteiger partial charge >= 0.3 is 0 Å². The zero-order valence-corrected chi connectivity index (χ0v) is 15.6. The Balaban J connectivity index is 1.60. The van der Waals surface area contributed by atoms with Gasteiger partial charge in [-0.15, -0.1) is 0 Å². The van der Waals surface area contributed by atoms with Crippen molar-refractivity contribution in [3.63, 3.8) is 0 Å². The highest BCUT2D eigenvalue weighted by molar-refractivity contribution is 6.01. The van der Waals surface area contributed by atoms with Crippen LogP contribution in [0.15, 0.2) is 51.9 Å². The van der Waals surface area contributed by atoms with Crippen molar-refractivity contribution >= 4 is 39.4 Å². The molecule has 29 heavy (non-hydrogen) atoms. The first-order chi connectivity index (χ1) is 13.8. The van der Waals surface area contributed by atoms with Gasteiger partial charge in [-0.25, -0.2) is 13.8 Å². The van der Waals surface area contributed by atoms with Crippen LogP contribution in [0.2, 0.25) is 0 Å². The Bertz CT molecular complexity index is 1290. The van der Waals surface area contributed by atoms with Crippen molar-refractivity contribution in [2.75, 3.05) is 24.3 Å². The predicted molar refractivity (Wildman–Crippen MR) is 105 cm³/mol.